The largest absolute Gasteiger partial charge is 0.334 e. The van der Waals surface area contributed by atoms with Crippen LogP contribution in [0, 0.1) is 0 Å². The van der Waals surface area contributed by atoms with Crippen LogP contribution < -0.4 is 4.72 Å². The van der Waals surface area contributed by atoms with E-state index in [2.05, 4.69) is 14.9 Å². The predicted molar refractivity (Wildman–Crippen MR) is 74.7 cm³/mol. The molecule has 0 unspecified atom stereocenters. The van der Waals surface area contributed by atoms with E-state index in [0.29, 0.717) is 25.2 Å². The molecule has 112 valence electrons. The first-order valence-corrected chi connectivity index (χ1v) is 8.61. The Morgan fingerprint density at radius 1 is 1.55 bits per heavy atom. The predicted octanol–water partition coefficient (Wildman–Crippen LogP) is 0.344. The maximum atomic E-state index is 12.3. The molecule has 1 saturated heterocycles. The van der Waals surface area contributed by atoms with E-state index in [1.807, 2.05) is 4.90 Å². The third-order valence-electron chi connectivity index (χ3n) is 3.46. The number of piperidine rings is 1. The maximum absolute atomic E-state index is 12.3. The first kappa shape index (κ1) is 15.0. The molecule has 20 heavy (non-hydrogen) atoms. The monoisotopic (exact) mass is 300 g/mol. The third-order valence-corrected chi connectivity index (χ3v) is 4.19. The van der Waals surface area contributed by atoms with Gasteiger partial charge in [-0.1, -0.05) is 0 Å². The van der Waals surface area contributed by atoms with Crippen molar-refractivity contribution >= 4 is 15.9 Å². The Hall–Kier alpha value is -1.41. The van der Waals surface area contributed by atoms with E-state index in [0.717, 1.165) is 25.5 Å². The van der Waals surface area contributed by atoms with Gasteiger partial charge in [-0.25, -0.2) is 13.1 Å². The Kier molecular flexibility index (Phi) is 4.77. The van der Waals surface area contributed by atoms with Crippen molar-refractivity contribution in [2.45, 2.75) is 31.7 Å². The summed E-state index contributed by atoms with van der Waals surface area (Å²) in [6.45, 7) is 1.07. The van der Waals surface area contributed by atoms with E-state index < -0.39 is 10.0 Å². The molecular weight excluding hydrogens is 280 g/mol. The van der Waals surface area contributed by atoms with Crippen molar-refractivity contribution in [2.75, 3.05) is 19.3 Å². The van der Waals surface area contributed by atoms with Crippen molar-refractivity contribution in [3.05, 3.63) is 18.0 Å². The highest BCUT2D eigenvalue weighted by Gasteiger charge is 2.27. The van der Waals surface area contributed by atoms with E-state index in [9.17, 15) is 13.2 Å². The number of aromatic nitrogens is 2. The van der Waals surface area contributed by atoms with Gasteiger partial charge in [0, 0.05) is 25.3 Å². The highest BCUT2D eigenvalue weighted by atomic mass is 32.2. The van der Waals surface area contributed by atoms with Crippen LogP contribution in [0.2, 0.25) is 0 Å². The minimum Gasteiger partial charge on any atom is -0.334 e. The number of nitrogens with one attached hydrogen (secondary N) is 2. The van der Waals surface area contributed by atoms with Gasteiger partial charge >= 0.3 is 0 Å². The lowest BCUT2D eigenvalue weighted by Gasteiger charge is -2.35. The molecule has 1 aromatic heterocycles. The lowest BCUT2D eigenvalue weighted by atomic mass is 9.99. The van der Waals surface area contributed by atoms with Crippen molar-refractivity contribution < 1.29 is 13.2 Å². The van der Waals surface area contributed by atoms with Gasteiger partial charge < -0.3 is 4.90 Å². The van der Waals surface area contributed by atoms with Crippen LogP contribution in [0.15, 0.2) is 12.3 Å². The van der Waals surface area contributed by atoms with Crippen LogP contribution in [-0.2, 0) is 10.0 Å². The minimum atomic E-state index is -3.18. The van der Waals surface area contributed by atoms with Crippen LogP contribution in [-0.4, -0.2) is 54.8 Å². The molecule has 2 rings (SSSR count). The number of amides is 1. The molecule has 1 amide bonds. The molecule has 1 aliphatic heterocycles. The molecule has 0 bridgehead atoms. The number of nitrogens with zero attached hydrogens (tertiary/aromatic N) is 2. The van der Waals surface area contributed by atoms with E-state index in [-0.39, 0.29) is 11.9 Å². The Morgan fingerprint density at radius 3 is 3.00 bits per heavy atom. The molecule has 1 aliphatic rings. The van der Waals surface area contributed by atoms with Gasteiger partial charge in [0.15, 0.2) is 0 Å². The van der Waals surface area contributed by atoms with Crippen LogP contribution in [0.1, 0.15) is 36.2 Å². The zero-order valence-corrected chi connectivity index (χ0v) is 12.3. The molecule has 8 heteroatoms. The van der Waals surface area contributed by atoms with Crippen LogP contribution in [0.3, 0.4) is 0 Å². The molecule has 2 heterocycles. The van der Waals surface area contributed by atoms with Gasteiger partial charge in [-0.05, 0) is 31.7 Å². The molecule has 0 radical (unpaired) electrons. The van der Waals surface area contributed by atoms with Gasteiger partial charge in [0.05, 0.1) is 6.26 Å². The van der Waals surface area contributed by atoms with Crippen molar-refractivity contribution in [1.82, 2.24) is 19.8 Å². The number of hydrogen-bond donors (Lipinski definition) is 2. The maximum Gasteiger partial charge on any atom is 0.272 e. The Balaban J connectivity index is 1.96. The number of aromatic amines is 1. The van der Waals surface area contributed by atoms with Crippen molar-refractivity contribution in [1.29, 1.82) is 0 Å². The molecular formula is C12H20N4O3S. The molecule has 0 aliphatic carbocycles. The number of sulfonamides is 1. The zero-order chi connectivity index (χ0) is 14.6. The second-order valence-corrected chi connectivity index (χ2v) is 6.91. The van der Waals surface area contributed by atoms with E-state index in [1.54, 1.807) is 12.3 Å². The Labute approximate surface area is 118 Å². The van der Waals surface area contributed by atoms with Crippen molar-refractivity contribution in [3.8, 4) is 0 Å². The molecule has 0 aromatic carbocycles. The van der Waals surface area contributed by atoms with Crippen molar-refractivity contribution in [2.24, 2.45) is 0 Å². The molecule has 1 aromatic rings. The van der Waals surface area contributed by atoms with Crippen LogP contribution >= 0.6 is 0 Å². The Morgan fingerprint density at radius 2 is 2.35 bits per heavy atom. The second-order valence-electron chi connectivity index (χ2n) is 5.07. The second kappa shape index (κ2) is 6.36. The van der Waals surface area contributed by atoms with Gasteiger partial charge in [-0.3, -0.25) is 9.89 Å². The standard InChI is InChI=1S/C12H20N4O3S/c1-20(18,19)14-8-5-10-4-2-3-9-16(10)12(17)11-6-7-13-15-11/h6-7,10,14H,2-5,8-9H2,1H3,(H,13,15)/t10-/m1/s1. The fourth-order valence-electron chi connectivity index (χ4n) is 2.51. The SMILES string of the molecule is CS(=O)(=O)NCC[C@H]1CCCCN1C(=O)c1ccn[nH]1. The lowest BCUT2D eigenvalue weighted by molar-refractivity contribution is 0.0598. The molecule has 2 N–H and O–H groups in total. The lowest BCUT2D eigenvalue weighted by Crippen LogP contribution is -2.45. The summed E-state index contributed by atoms with van der Waals surface area (Å²) in [6.07, 6.45) is 6.28. The number of carbonyl (C=O) groups is 1. The summed E-state index contributed by atoms with van der Waals surface area (Å²) in [6, 6.07) is 1.73. The average molecular weight is 300 g/mol. The van der Waals surface area contributed by atoms with Gasteiger partial charge in [-0.15, -0.1) is 0 Å². The highest BCUT2D eigenvalue weighted by Crippen LogP contribution is 2.21. The van der Waals surface area contributed by atoms with Crippen molar-refractivity contribution in [3.63, 3.8) is 0 Å². The Bertz CT molecular complexity index is 541. The zero-order valence-electron chi connectivity index (χ0n) is 11.5. The summed E-state index contributed by atoms with van der Waals surface area (Å²) in [4.78, 5) is 14.2. The molecule has 7 nitrogen and oxygen atoms in total. The van der Waals surface area contributed by atoms with E-state index in [4.69, 9.17) is 0 Å². The normalized spacial score (nSPS) is 20.1. The number of hydrogen-bond acceptors (Lipinski definition) is 4. The molecule has 0 spiro atoms. The summed E-state index contributed by atoms with van der Waals surface area (Å²) < 4.78 is 24.6. The highest BCUT2D eigenvalue weighted by molar-refractivity contribution is 7.88. The van der Waals surface area contributed by atoms with Gasteiger partial charge in [0.1, 0.15) is 5.69 Å². The van der Waals surface area contributed by atoms with Crippen LogP contribution in [0.5, 0.6) is 0 Å². The molecule has 1 fully saturated rings. The summed E-state index contributed by atoms with van der Waals surface area (Å²) >= 11 is 0. The first-order valence-electron chi connectivity index (χ1n) is 6.72. The number of carbonyl (C=O) groups excluding carboxylic acids is 1. The minimum absolute atomic E-state index is 0.0634. The number of H-pyrrole nitrogens is 1. The molecule has 0 saturated carbocycles. The summed E-state index contributed by atoms with van der Waals surface area (Å²) in [5.41, 5.74) is 0.480. The fourth-order valence-corrected chi connectivity index (χ4v) is 3.00. The first-order chi connectivity index (χ1) is 9.47. The number of rotatable bonds is 5. The quantitative estimate of drug-likeness (QED) is 0.820. The summed E-state index contributed by atoms with van der Waals surface area (Å²) in [7, 11) is -3.18. The van der Waals surface area contributed by atoms with E-state index >= 15 is 0 Å². The van der Waals surface area contributed by atoms with Gasteiger partial charge in [0.2, 0.25) is 10.0 Å². The summed E-state index contributed by atoms with van der Waals surface area (Å²) in [5, 5.41) is 6.48. The van der Waals surface area contributed by atoms with Gasteiger partial charge in [-0.2, -0.15) is 5.10 Å². The van der Waals surface area contributed by atoms with Crippen LogP contribution in [0.25, 0.3) is 0 Å². The average Bonchev–Trinajstić information content (AvgIpc) is 2.91. The third kappa shape index (κ3) is 4.04. The molecule has 1 atom stereocenters. The summed E-state index contributed by atoms with van der Waals surface area (Å²) in [5.74, 6) is -0.0634. The number of likely N-dealkylation sites (tertiary alicyclic amines) is 1. The van der Waals surface area contributed by atoms with E-state index in [1.165, 1.54) is 0 Å². The smallest absolute Gasteiger partial charge is 0.272 e. The van der Waals surface area contributed by atoms with Gasteiger partial charge in [0.25, 0.3) is 5.91 Å². The fraction of sp³-hybridized carbons (Fsp3) is 0.667. The van der Waals surface area contributed by atoms with Crippen LogP contribution in [0.4, 0.5) is 0 Å². The topological polar surface area (TPSA) is 95.2 Å².